The Balaban J connectivity index is 1.59. The standard InChI is InChI=1S/C17H18N4O2/c1-2-16(22)21-11-8-15(21)17(23)19-14-6-4-13(5-7-14)12-20-10-3-9-18-20/h2-7,9-10,15H,1,8,11-12H2,(H,19,23)/t15-/m1/s1. The molecule has 1 N–H and O–H groups in total. The average molecular weight is 310 g/mol. The second kappa shape index (κ2) is 6.48. The van der Waals surface area contributed by atoms with Crippen molar-refractivity contribution in [2.24, 2.45) is 0 Å². The Morgan fingerprint density at radius 2 is 2.13 bits per heavy atom. The van der Waals surface area contributed by atoms with Gasteiger partial charge in [-0.3, -0.25) is 14.3 Å². The number of hydrogen-bond acceptors (Lipinski definition) is 3. The minimum atomic E-state index is -0.399. The van der Waals surface area contributed by atoms with E-state index < -0.39 is 6.04 Å². The third kappa shape index (κ3) is 3.31. The minimum absolute atomic E-state index is 0.161. The van der Waals surface area contributed by atoms with Gasteiger partial charge in [-0.05, 0) is 36.3 Å². The van der Waals surface area contributed by atoms with Gasteiger partial charge in [-0.15, -0.1) is 0 Å². The largest absolute Gasteiger partial charge is 0.327 e. The Labute approximate surface area is 134 Å². The summed E-state index contributed by atoms with van der Waals surface area (Å²) in [5.74, 6) is -0.364. The molecule has 2 aromatic rings. The van der Waals surface area contributed by atoms with Crippen LogP contribution in [0.4, 0.5) is 5.69 Å². The summed E-state index contributed by atoms with van der Waals surface area (Å²) in [6.07, 6.45) is 5.56. The highest BCUT2D eigenvalue weighted by Crippen LogP contribution is 2.20. The number of anilines is 1. The summed E-state index contributed by atoms with van der Waals surface area (Å²) < 4.78 is 1.83. The van der Waals surface area contributed by atoms with Crippen LogP contribution in [0.2, 0.25) is 0 Å². The van der Waals surface area contributed by atoms with Gasteiger partial charge in [0.05, 0.1) is 6.54 Å². The van der Waals surface area contributed by atoms with E-state index in [0.717, 1.165) is 11.3 Å². The molecule has 1 aromatic heterocycles. The number of benzene rings is 1. The van der Waals surface area contributed by atoms with E-state index in [2.05, 4.69) is 17.0 Å². The van der Waals surface area contributed by atoms with Crippen molar-refractivity contribution in [2.75, 3.05) is 11.9 Å². The molecule has 1 aromatic carbocycles. The maximum Gasteiger partial charge on any atom is 0.247 e. The van der Waals surface area contributed by atoms with E-state index >= 15 is 0 Å². The topological polar surface area (TPSA) is 67.2 Å². The van der Waals surface area contributed by atoms with E-state index in [1.807, 2.05) is 41.2 Å². The Kier molecular flexibility index (Phi) is 4.23. The summed E-state index contributed by atoms with van der Waals surface area (Å²) in [4.78, 5) is 25.3. The number of amides is 2. The summed E-state index contributed by atoms with van der Waals surface area (Å²) >= 11 is 0. The Morgan fingerprint density at radius 3 is 2.70 bits per heavy atom. The van der Waals surface area contributed by atoms with E-state index in [1.54, 1.807) is 6.20 Å². The lowest BCUT2D eigenvalue weighted by Crippen LogP contribution is -2.56. The van der Waals surface area contributed by atoms with Crippen LogP contribution in [0.3, 0.4) is 0 Å². The van der Waals surface area contributed by atoms with Crippen LogP contribution >= 0.6 is 0 Å². The summed E-state index contributed by atoms with van der Waals surface area (Å²) in [6, 6.07) is 9.09. The van der Waals surface area contributed by atoms with Crippen molar-refractivity contribution in [2.45, 2.75) is 19.0 Å². The first-order valence-corrected chi connectivity index (χ1v) is 7.47. The van der Waals surface area contributed by atoms with E-state index in [1.165, 1.54) is 11.0 Å². The number of aromatic nitrogens is 2. The maximum absolute atomic E-state index is 12.2. The fraction of sp³-hybridized carbons (Fsp3) is 0.235. The van der Waals surface area contributed by atoms with Gasteiger partial charge < -0.3 is 10.2 Å². The first-order valence-electron chi connectivity index (χ1n) is 7.47. The van der Waals surface area contributed by atoms with Gasteiger partial charge in [0.15, 0.2) is 0 Å². The van der Waals surface area contributed by atoms with Crippen molar-refractivity contribution in [1.82, 2.24) is 14.7 Å². The van der Waals surface area contributed by atoms with Gasteiger partial charge in [-0.25, -0.2) is 0 Å². The number of carbonyl (C=O) groups excluding carboxylic acids is 2. The third-order valence-corrected chi connectivity index (χ3v) is 3.91. The van der Waals surface area contributed by atoms with Crippen molar-refractivity contribution >= 4 is 17.5 Å². The first kappa shape index (κ1) is 15.0. The Bertz CT molecular complexity index is 707. The highest BCUT2D eigenvalue weighted by atomic mass is 16.2. The molecular formula is C17H18N4O2. The van der Waals surface area contributed by atoms with Crippen LogP contribution in [0.5, 0.6) is 0 Å². The SMILES string of the molecule is C=CC(=O)N1CC[C@@H]1C(=O)Nc1ccc(Cn2cccn2)cc1. The summed E-state index contributed by atoms with van der Waals surface area (Å²) in [7, 11) is 0. The highest BCUT2D eigenvalue weighted by molar-refractivity contribution is 6.00. The number of hydrogen-bond donors (Lipinski definition) is 1. The molecule has 2 heterocycles. The van der Waals surface area contributed by atoms with Gasteiger partial charge in [-0.2, -0.15) is 5.10 Å². The van der Waals surface area contributed by atoms with Crippen LogP contribution in [-0.4, -0.2) is 39.1 Å². The van der Waals surface area contributed by atoms with E-state index in [4.69, 9.17) is 0 Å². The van der Waals surface area contributed by atoms with Crippen molar-refractivity contribution in [3.63, 3.8) is 0 Å². The lowest BCUT2D eigenvalue weighted by Gasteiger charge is -2.38. The molecule has 1 fully saturated rings. The molecule has 0 spiro atoms. The number of rotatable bonds is 5. The van der Waals surface area contributed by atoms with E-state index in [9.17, 15) is 9.59 Å². The number of nitrogens with one attached hydrogen (secondary N) is 1. The number of nitrogens with zero attached hydrogens (tertiary/aromatic N) is 3. The van der Waals surface area contributed by atoms with E-state index in [-0.39, 0.29) is 11.8 Å². The molecule has 1 saturated heterocycles. The molecule has 0 saturated carbocycles. The minimum Gasteiger partial charge on any atom is -0.327 e. The second-order valence-corrected chi connectivity index (χ2v) is 5.43. The molecule has 0 aliphatic carbocycles. The van der Waals surface area contributed by atoms with Gasteiger partial charge in [0.1, 0.15) is 6.04 Å². The van der Waals surface area contributed by atoms with Crippen molar-refractivity contribution in [3.05, 3.63) is 60.9 Å². The monoisotopic (exact) mass is 310 g/mol. The van der Waals surface area contributed by atoms with Gasteiger partial charge in [-0.1, -0.05) is 18.7 Å². The molecule has 6 heteroatoms. The number of carbonyl (C=O) groups is 2. The van der Waals surface area contributed by atoms with Crippen LogP contribution in [0, 0.1) is 0 Å². The molecule has 1 atom stereocenters. The highest BCUT2D eigenvalue weighted by Gasteiger charge is 2.36. The van der Waals surface area contributed by atoms with Crippen LogP contribution in [-0.2, 0) is 16.1 Å². The van der Waals surface area contributed by atoms with Gasteiger partial charge >= 0.3 is 0 Å². The zero-order chi connectivity index (χ0) is 16.2. The van der Waals surface area contributed by atoms with Crippen molar-refractivity contribution in [1.29, 1.82) is 0 Å². The zero-order valence-corrected chi connectivity index (χ0v) is 12.7. The average Bonchev–Trinajstić information content (AvgIpc) is 3.01. The fourth-order valence-corrected chi connectivity index (χ4v) is 2.54. The molecule has 6 nitrogen and oxygen atoms in total. The van der Waals surface area contributed by atoms with Crippen molar-refractivity contribution < 1.29 is 9.59 Å². The smallest absolute Gasteiger partial charge is 0.247 e. The zero-order valence-electron chi connectivity index (χ0n) is 12.7. The summed E-state index contributed by atoms with van der Waals surface area (Å²) in [6.45, 7) is 4.74. The molecule has 0 bridgehead atoms. The fourth-order valence-electron chi connectivity index (χ4n) is 2.54. The normalized spacial score (nSPS) is 16.5. The van der Waals surface area contributed by atoms with Crippen LogP contribution < -0.4 is 5.32 Å². The summed E-state index contributed by atoms with van der Waals surface area (Å²) in [5.41, 5.74) is 1.82. The molecule has 23 heavy (non-hydrogen) atoms. The summed E-state index contributed by atoms with van der Waals surface area (Å²) in [5, 5.41) is 7.01. The van der Waals surface area contributed by atoms with Crippen LogP contribution in [0.1, 0.15) is 12.0 Å². The molecule has 118 valence electrons. The van der Waals surface area contributed by atoms with E-state index in [0.29, 0.717) is 19.5 Å². The third-order valence-electron chi connectivity index (χ3n) is 3.91. The predicted molar refractivity (Wildman–Crippen MR) is 86.7 cm³/mol. The van der Waals surface area contributed by atoms with Crippen LogP contribution in [0.25, 0.3) is 0 Å². The first-order chi connectivity index (χ1) is 11.2. The van der Waals surface area contributed by atoms with Gasteiger partial charge in [0, 0.05) is 24.6 Å². The molecule has 0 unspecified atom stereocenters. The molecular weight excluding hydrogens is 292 g/mol. The van der Waals surface area contributed by atoms with Crippen LogP contribution in [0.15, 0.2) is 55.4 Å². The lowest BCUT2D eigenvalue weighted by molar-refractivity contribution is -0.141. The van der Waals surface area contributed by atoms with Gasteiger partial charge in [0.25, 0.3) is 0 Å². The predicted octanol–water partition coefficient (Wildman–Crippen LogP) is 1.66. The molecule has 3 rings (SSSR count). The Hall–Kier alpha value is -2.89. The second-order valence-electron chi connectivity index (χ2n) is 5.43. The Morgan fingerprint density at radius 1 is 1.35 bits per heavy atom. The maximum atomic E-state index is 12.2. The molecule has 1 aliphatic rings. The van der Waals surface area contributed by atoms with Crippen molar-refractivity contribution in [3.8, 4) is 0 Å². The molecule has 1 aliphatic heterocycles. The molecule has 2 amide bonds. The quantitative estimate of drug-likeness (QED) is 0.854. The molecule has 0 radical (unpaired) electrons. The van der Waals surface area contributed by atoms with Gasteiger partial charge in [0.2, 0.25) is 11.8 Å². The number of likely N-dealkylation sites (tertiary alicyclic amines) is 1. The lowest BCUT2D eigenvalue weighted by atomic mass is 10.0.